The second-order valence-electron chi connectivity index (χ2n) is 1.92. The van der Waals surface area contributed by atoms with Gasteiger partial charge in [0.15, 0.2) is 11.6 Å². The van der Waals surface area contributed by atoms with E-state index in [0.717, 1.165) is 16.2 Å². The Morgan fingerprint density at radius 2 is 2.20 bits per heavy atom. The number of halogens is 1. The first-order chi connectivity index (χ1) is 4.86. The molecule has 0 bridgehead atoms. The molecule has 0 saturated carbocycles. The van der Waals surface area contributed by atoms with Crippen LogP contribution < -0.4 is 10.6 Å². The lowest BCUT2D eigenvalue weighted by Crippen LogP contribution is -1.99. The van der Waals surface area contributed by atoms with Crippen molar-refractivity contribution in [3.8, 4) is 0 Å². The van der Waals surface area contributed by atoms with E-state index >= 15 is 0 Å². The maximum atomic E-state index is 4.13. The highest BCUT2D eigenvalue weighted by Crippen LogP contribution is 2.21. The molecule has 2 rings (SSSR count). The third kappa shape index (κ3) is 0.824. The molecule has 0 unspecified atom stereocenters. The summed E-state index contributed by atoms with van der Waals surface area (Å²) in [7, 11) is 0. The van der Waals surface area contributed by atoms with Crippen LogP contribution in [0.3, 0.4) is 0 Å². The van der Waals surface area contributed by atoms with Gasteiger partial charge in [0.1, 0.15) is 4.60 Å². The first-order valence-corrected chi connectivity index (χ1v) is 3.66. The van der Waals surface area contributed by atoms with Gasteiger partial charge in [-0.2, -0.15) is 0 Å². The summed E-state index contributed by atoms with van der Waals surface area (Å²) in [4.78, 5) is 8.21. The third-order valence-electron chi connectivity index (χ3n) is 1.25. The fourth-order valence-electron chi connectivity index (χ4n) is 0.832. The quantitative estimate of drug-likeness (QED) is 0.658. The lowest BCUT2D eigenvalue weighted by Gasteiger charge is -1.94. The van der Waals surface area contributed by atoms with Gasteiger partial charge in [0, 0.05) is 0 Å². The zero-order chi connectivity index (χ0) is 6.97. The van der Waals surface area contributed by atoms with Crippen LogP contribution in [0.25, 0.3) is 0 Å². The fraction of sp³-hybridized carbons (Fsp3) is 0.200. The van der Waals surface area contributed by atoms with Crippen molar-refractivity contribution in [3.63, 3.8) is 0 Å². The molecule has 52 valence electrons. The minimum Gasteiger partial charge on any atom is -0.350 e. The van der Waals surface area contributed by atoms with Crippen LogP contribution in [0.2, 0.25) is 0 Å². The molecule has 0 aromatic carbocycles. The molecule has 2 N–H and O–H groups in total. The van der Waals surface area contributed by atoms with E-state index in [1.54, 1.807) is 6.20 Å². The molecule has 0 saturated heterocycles. The van der Waals surface area contributed by atoms with E-state index in [0.29, 0.717) is 6.67 Å². The van der Waals surface area contributed by atoms with Gasteiger partial charge in [-0.05, 0) is 15.9 Å². The maximum Gasteiger partial charge on any atom is 0.171 e. The minimum absolute atomic E-state index is 0.714. The van der Waals surface area contributed by atoms with Crippen molar-refractivity contribution >= 4 is 27.6 Å². The second kappa shape index (κ2) is 2.09. The van der Waals surface area contributed by atoms with Crippen molar-refractivity contribution in [3.05, 3.63) is 10.8 Å². The van der Waals surface area contributed by atoms with Gasteiger partial charge in [-0.3, -0.25) is 0 Å². The fourth-order valence-corrected chi connectivity index (χ4v) is 1.11. The summed E-state index contributed by atoms with van der Waals surface area (Å²) in [5, 5.41) is 6.05. The molecule has 0 radical (unpaired) electrons. The van der Waals surface area contributed by atoms with Gasteiger partial charge in [-0.1, -0.05) is 0 Å². The van der Waals surface area contributed by atoms with Crippen LogP contribution in [0.5, 0.6) is 0 Å². The highest BCUT2D eigenvalue weighted by atomic mass is 79.9. The summed E-state index contributed by atoms with van der Waals surface area (Å²) in [5.74, 6) is 1.64. The normalized spacial score (nSPS) is 13.7. The van der Waals surface area contributed by atoms with Crippen LogP contribution in [-0.4, -0.2) is 16.6 Å². The van der Waals surface area contributed by atoms with Crippen LogP contribution in [0.1, 0.15) is 0 Å². The van der Waals surface area contributed by atoms with E-state index in [4.69, 9.17) is 0 Å². The molecule has 1 aliphatic heterocycles. The van der Waals surface area contributed by atoms with E-state index in [2.05, 4.69) is 36.5 Å². The van der Waals surface area contributed by atoms with Crippen molar-refractivity contribution in [2.24, 2.45) is 0 Å². The molecule has 1 aromatic rings. The van der Waals surface area contributed by atoms with Gasteiger partial charge in [-0.25, -0.2) is 9.97 Å². The molecule has 0 amide bonds. The molecular formula is C5H5BrN4. The van der Waals surface area contributed by atoms with Crippen molar-refractivity contribution in [1.82, 2.24) is 9.97 Å². The summed E-state index contributed by atoms with van der Waals surface area (Å²) >= 11 is 3.22. The number of hydrogen-bond donors (Lipinski definition) is 2. The summed E-state index contributed by atoms with van der Waals surface area (Å²) in [5.41, 5.74) is 0. The first kappa shape index (κ1) is 5.91. The van der Waals surface area contributed by atoms with Crippen molar-refractivity contribution < 1.29 is 0 Å². The topological polar surface area (TPSA) is 49.8 Å². The number of rotatable bonds is 0. The first-order valence-electron chi connectivity index (χ1n) is 2.86. The highest BCUT2D eigenvalue weighted by molar-refractivity contribution is 9.10. The average molecular weight is 201 g/mol. The molecule has 4 nitrogen and oxygen atoms in total. The third-order valence-corrected chi connectivity index (χ3v) is 1.64. The zero-order valence-electron chi connectivity index (χ0n) is 5.06. The zero-order valence-corrected chi connectivity index (χ0v) is 6.64. The molecule has 0 fully saturated rings. The van der Waals surface area contributed by atoms with E-state index in [-0.39, 0.29) is 0 Å². The summed E-state index contributed by atoms with van der Waals surface area (Å²) in [6.07, 6.45) is 1.67. The Balaban J connectivity index is 2.52. The van der Waals surface area contributed by atoms with Gasteiger partial charge < -0.3 is 10.6 Å². The predicted octanol–water partition coefficient (Wildman–Crippen LogP) is 1.03. The number of anilines is 2. The molecule has 10 heavy (non-hydrogen) atoms. The Labute approximate surface area is 66.2 Å². The number of aromatic nitrogens is 2. The molecule has 1 aromatic heterocycles. The monoisotopic (exact) mass is 200 g/mol. The average Bonchev–Trinajstić information content (AvgIpc) is 2.33. The van der Waals surface area contributed by atoms with Crippen LogP contribution in [0.4, 0.5) is 11.6 Å². The Morgan fingerprint density at radius 1 is 1.40 bits per heavy atom. The molecule has 0 aliphatic carbocycles. The second-order valence-corrected chi connectivity index (χ2v) is 2.73. The van der Waals surface area contributed by atoms with Crippen LogP contribution >= 0.6 is 15.9 Å². The number of nitrogens with one attached hydrogen (secondary N) is 2. The largest absolute Gasteiger partial charge is 0.350 e. The molecular weight excluding hydrogens is 196 g/mol. The van der Waals surface area contributed by atoms with Gasteiger partial charge >= 0.3 is 0 Å². The van der Waals surface area contributed by atoms with Gasteiger partial charge in [0.25, 0.3) is 0 Å². The minimum atomic E-state index is 0.714. The molecule has 5 heteroatoms. The Bertz CT molecular complexity index is 262. The highest BCUT2D eigenvalue weighted by Gasteiger charge is 2.10. The molecule has 0 atom stereocenters. The van der Waals surface area contributed by atoms with Crippen LogP contribution in [-0.2, 0) is 0 Å². The van der Waals surface area contributed by atoms with Crippen LogP contribution in [0, 0.1) is 0 Å². The summed E-state index contributed by atoms with van der Waals surface area (Å²) < 4.78 is 0.752. The van der Waals surface area contributed by atoms with E-state index in [1.807, 2.05) is 0 Å². The van der Waals surface area contributed by atoms with Crippen molar-refractivity contribution in [1.29, 1.82) is 0 Å². The van der Waals surface area contributed by atoms with Gasteiger partial charge in [0.2, 0.25) is 0 Å². The Hall–Kier alpha value is -0.840. The summed E-state index contributed by atoms with van der Waals surface area (Å²) in [6, 6.07) is 0. The maximum absolute atomic E-state index is 4.13. The van der Waals surface area contributed by atoms with E-state index in [9.17, 15) is 0 Å². The molecule has 1 aliphatic rings. The smallest absolute Gasteiger partial charge is 0.171 e. The predicted molar refractivity (Wildman–Crippen MR) is 41.8 cm³/mol. The molecule has 0 spiro atoms. The Morgan fingerprint density at radius 3 is 3.10 bits per heavy atom. The molecule has 2 heterocycles. The standard InChI is InChI=1S/C5H5BrN4/c6-3-1-7-4-5(10-3)9-2-8-4/h1H,2H2,(H,7,8)(H,9,10). The number of nitrogens with zero attached hydrogens (tertiary/aromatic N) is 2. The van der Waals surface area contributed by atoms with Crippen molar-refractivity contribution in [2.75, 3.05) is 17.3 Å². The SMILES string of the molecule is Brc1cnc2c(n1)NCN2. The van der Waals surface area contributed by atoms with E-state index in [1.165, 1.54) is 0 Å². The lowest BCUT2D eigenvalue weighted by atomic mass is 10.6. The van der Waals surface area contributed by atoms with Gasteiger partial charge in [0.05, 0.1) is 12.9 Å². The Kier molecular flexibility index (Phi) is 1.23. The lowest BCUT2D eigenvalue weighted by molar-refractivity contribution is 1.19. The van der Waals surface area contributed by atoms with Gasteiger partial charge in [-0.15, -0.1) is 0 Å². The summed E-state index contributed by atoms with van der Waals surface area (Å²) in [6.45, 7) is 0.714. The number of hydrogen-bond acceptors (Lipinski definition) is 4. The number of fused-ring (bicyclic) bond motifs is 1. The van der Waals surface area contributed by atoms with Crippen LogP contribution in [0.15, 0.2) is 10.8 Å². The van der Waals surface area contributed by atoms with E-state index < -0.39 is 0 Å². The van der Waals surface area contributed by atoms with Crippen molar-refractivity contribution in [2.45, 2.75) is 0 Å².